The van der Waals surface area contributed by atoms with Gasteiger partial charge in [-0.05, 0) is 36.8 Å². The molecule has 72 valence electrons. The lowest BCUT2D eigenvalue weighted by Crippen LogP contribution is -1.96. The fraction of sp³-hybridized carbons (Fsp3) is 0.286. The molecule has 0 N–H and O–H groups in total. The zero-order valence-electron chi connectivity index (χ0n) is 8.50. The van der Waals surface area contributed by atoms with Crippen LogP contribution in [-0.2, 0) is 0 Å². The van der Waals surface area contributed by atoms with Gasteiger partial charge in [0.2, 0.25) is 0 Å². The molecule has 0 aromatic heterocycles. The molecule has 1 aliphatic rings. The first-order valence-electron chi connectivity index (χ1n) is 5.30. The third-order valence-corrected chi connectivity index (χ3v) is 2.77. The van der Waals surface area contributed by atoms with Gasteiger partial charge in [-0.15, -0.1) is 0 Å². The first kappa shape index (κ1) is 9.26. The molecular weight excluding hydrogens is 168 g/mol. The minimum Gasteiger partial charge on any atom is -0.0956 e. The molecule has 0 heteroatoms. The molecule has 1 fully saturated rings. The largest absolute Gasteiger partial charge is 0.0956 e. The summed E-state index contributed by atoms with van der Waals surface area (Å²) in [5, 5.41) is 0. The number of hydrogen-bond acceptors (Lipinski definition) is 0. The van der Waals surface area contributed by atoms with E-state index in [0.717, 1.165) is 0 Å². The number of hydrogen-bond donors (Lipinski definition) is 0. The lowest BCUT2D eigenvalue weighted by Gasteiger charge is -2.16. The van der Waals surface area contributed by atoms with Crippen molar-refractivity contribution in [2.45, 2.75) is 25.7 Å². The second-order valence-electron chi connectivity index (χ2n) is 3.89. The molecule has 2 rings (SSSR count). The Morgan fingerprint density at radius 1 is 1.00 bits per heavy atom. The van der Waals surface area contributed by atoms with Gasteiger partial charge < -0.3 is 0 Å². The molecule has 1 aliphatic carbocycles. The Morgan fingerprint density at radius 3 is 2.43 bits per heavy atom. The topological polar surface area (TPSA) is 0 Å². The van der Waals surface area contributed by atoms with Crippen molar-refractivity contribution in [2.75, 3.05) is 0 Å². The Hall–Kier alpha value is -1.30. The third kappa shape index (κ3) is 2.14. The molecule has 0 saturated heterocycles. The molecule has 0 radical (unpaired) electrons. The van der Waals surface area contributed by atoms with E-state index in [0.29, 0.717) is 0 Å². The lowest BCUT2D eigenvalue weighted by atomic mass is 9.89. The van der Waals surface area contributed by atoms with Gasteiger partial charge in [0, 0.05) is 0 Å². The fourth-order valence-corrected chi connectivity index (χ4v) is 1.92. The summed E-state index contributed by atoms with van der Waals surface area (Å²) in [5.41, 5.74) is 4.08. The Labute approximate surface area is 86.0 Å². The molecule has 0 unspecified atom stereocenters. The first-order valence-corrected chi connectivity index (χ1v) is 5.30. The maximum absolute atomic E-state index is 4.12. The fourth-order valence-electron chi connectivity index (χ4n) is 1.92. The van der Waals surface area contributed by atoms with Crippen molar-refractivity contribution in [3.63, 3.8) is 0 Å². The highest BCUT2D eigenvalue weighted by atomic mass is 14.1. The highest BCUT2D eigenvalue weighted by Gasteiger charge is 2.08. The van der Waals surface area contributed by atoms with E-state index in [1.165, 1.54) is 42.4 Å². The molecule has 14 heavy (non-hydrogen) atoms. The summed E-state index contributed by atoms with van der Waals surface area (Å²) in [7, 11) is 0. The van der Waals surface area contributed by atoms with Crippen LogP contribution >= 0.6 is 0 Å². The molecule has 1 aromatic rings. The van der Waals surface area contributed by atoms with E-state index in [4.69, 9.17) is 0 Å². The van der Waals surface area contributed by atoms with Crippen molar-refractivity contribution >= 4 is 6.08 Å². The Balaban J connectivity index is 2.21. The normalized spacial score (nSPS) is 20.0. The summed E-state index contributed by atoms with van der Waals surface area (Å²) >= 11 is 0. The molecule has 0 heterocycles. The van der Waals surface area contributed by atoms with Gasteiger partial charge in [-0.25, -0.2) is 0 Å². The maximum atomic E-state index is 4.12. The average molecular weight is 184 g/mol. The molecule has 0 nitrogen and oxygen atoms in total. The van der Waals surface area contributed by atoms with E-state index in [1.807, 2.05) is 0 Å². The second-order valence-corrected chi connectivity index (χ2v) is 3.89. The summed E-state index contributed by atoms with van der Waals surface area (Å²) in [6.45, 7) is 4.12. The van der Waals surface area contributed by atoms with Crippen LogP contribution in [0.15, 0.2) is 48.1 Å². The number of rotatable bonds is 1. The van der Waals surface area contributed by atoms with Gasteiger partial charge in [0.15, 0.2) is 0 Å². The summed E-state index contributed by atoms with van der Waals surface area (Å²) in [4.78, 5) is 0. The lowest BCUT2D eigenvalue weighted by molar-refractivity contribution is 0.684. The van der Waals surface area contributed by atoms with Crippen molar-refractivity contribution in [1.82, 2.24) is 0 Å². The number of benzene rings is 1. The molecule has 0 amide bonds. The molecule has 0 atom stereocenters. The standard InChI is InChI=1S/C14H16/c1-12-7-5-6-10-14(12)11-13-8-3-2-4-9-13/h2-4,8-9,11H,1,5-7,10H2. The van der Waals surface area contributed by atoms with Crippen LogP contribution < -0.4 is 0 Å². The average Bonchev–Trinajstić information content (AvgIpc) is 2.23. The monoisotopic (exact) mass is 184 g/mol. The second kappa shape index (κ2) is 4.28. The zero-order chi connectivity index (χ0) is 9.80. The van der Waals surface area contributed by atoms with Crippen LogP contribution in [0, 0.1) is 0 Å². The van der Waals surface area contributed by atoms with Crippen molar-refractivity contribution < 1.29 is 0 Å². The predicted octanol–water partition coefficient (Wildman–Crippen LogP) is 4.20. The van der Waals surface area contributed by atoms with Crippen LogP contribution in [0.4, 0.5) is 0 Å². The summed E-state index contributed by atoms with van der Waals surface area (Å²) < 4.78 is 0. The van der Waals surface area contributed by atoms with Gasteiger partial charge in [0.05, 0.1) is 0 Å². The van der Waals surface area contributed by atoms with Crippen LogP contribution in [0.25, 0.3) is 6.08 Å². The van der Waals surface area contributed by atoms with E-state index in [9.17, 15) is 0 Å². The van der Waals surface area contributed by atoms with Gasteiger partial charge >= 0.3 is 0 Å². The number of allylic oxidation sites excluding steroid dienone is 2. The van der Waals surface area contributed by atoms with Crippen molar-refractivity contribution in [2.24, 2.45) is 0 Å². The highest BCUT2D eigenvalue weighted by Crippen LogP contribution is 2.28. The van der Waals surface area contributed by atoms with Crippen LogP contribution in [-0.4, -0.2) is 0 Å². The summed E-state index contributed by atoms with van der Waals surface area (Å²) in [6, 6.07) is 10.5. The SMILES string of the molecule is C=C1CCCCC1=Cc1ccccc1. The van der Waals surface area contributed by atoms with Crippen LogP contribution in [0.1, 0.15) is 31.2 Å². The maximum Gasteiger partial charge on any atom is -0.0254 e. The quantitative estimate of drug-likeness (QED) is 0.613. The van der Waals surface area contributed by atoms with Crippen molar-refractivity contribution in [3.05, 3.63) is 53.6 Å². The van der Waals surface area contributed by atoms with Crippen LogP contribution in [0.5, 0.6) is 0 Å². The van der Waals surface area contributed by atoms with Crippen molar-refractivity contribution in [1.29, 1.82) is 0 Å². The summed E-state index contributed by atoms with van der Waals surface area (Å²) in [5.74, 6) is 0. The van der Waals surface area contributed by atoms with E-state index >= 15 is 0 Å². The van der Waals surface area contributed by atoms with E-state index < -0.39 is 0 Å². The third-order valence-electron chi connectivity index (χ3n) is 2.77. The Morgan fingerprint density at radius 2 is 1.71 bits per heavy atom. The Kier molecular flexibility index (Phi) is 2.83. The highest BCUT2D eigenvalue weighted by molar-refractivity contribution is 5.58. The van der Waals surface area contributed by atoms with E-state index in [-0.39, 0.29) is 0 Å². The van der Waals surface area contributed by atoms with E-state index in [1.54, 1.807) is 0 Å². The zero-order valence-corrected chi connectivity index (χ0v) is 8.50. The molecule has 1 aromatic carbocycles. The van der Waals surface area contributed by atoms with Gasteiger partial charge in [0.1, 0.15) is 0 Å². The Bertz CT molecular complexity index is 344. The van der Waals surface area contributed by atoms with Gasteiger partial charge in [-0.1, -0.05) is 48.6 Å². The van der Waals surface area contributed by atoms with Gasteiger partial charge in [-0.3, -0.25) is 0 Å². The van der Waals surface area contributed by atoms with Gasteiger partial charge in [-0.2, -0.15) is 0 Å². The van der Waals surface area contributed by atoms with Crippen LogP contribution in [0.2, 0.25) is 0 Å². The first-order chi connectivity index (χ1) is 6.86. The molecule has 0 bridgehead atoms. The predicted molar refractivity (Wildman–Crippen MR) is 62.0 cm³/mol. The smallest absolute Gasteiger partial charge is 0.0254 e. The van der Waals surface area contributed by atoms with Crippen molar-refractivity contribution in [3.8, 4) is 0 Å². The molecular formula is C14H16. The van der Waals surface area contributed by atoms with Crippen LogP contribution in [0.3, 0.4) is 0 Å². The minimum atomic E-state index is 1.18. The summed E-state index contributed by atoms with van der Waals surface area (Å²) in [6.07, 6.45) is 7.29. The van der Waals surface area contributed by atoms with Gasteiger partial charge in [0.25, 0.3) is 0 Å². The van der Waals surface area contributed by atoms with E-state index in [2.05, 4.69) is 43.0 Å². The molecule has 0 aliphatic heterocycles. The minimum absolute atomic E-state index is 1.18. The molecule has 0 spiro atoms. The molecule has 1 saturated carbocycles.